The van der Waals surface area contributed by atoms with Gasteiger partial charge in [-0.05, 0) is 36.7 Å². The van der Waals surface area contributed by atoms with E-state index in [1.165, 1.54) is 10.5 Å². The monoisotopic (exact) mass is 436 g/mol. The van der Waals surface area contributed by atoms with Gasteiger partial charge in [0.2, 0.25) is 11.8 Å². The predicted octanol–water partition coefficient (Wildman–Crippen LogP) is 2.13. The number of nitrogens with one attached hydrogen (secondary N) is 2. The van der Waals surface area contributed by atoms with Crippen LogP contribution in [0.5, 0.6) is 0 Å². The number of aliphatic imine (C=N–C) groups is 1. The molecule has 5 rings (SSSR count). The van der Waals surface area contributed by atoms with E-state index in [1.807, 2.05) is 6.07 Å². The maximum atomic E-state index is 12.8. The van der Waals surface area contributed by atoms with Crippen LogP contribution in [0.3, 0.4) is 0 Å². The van der Waals surface area contributed by atoms with Crippen LogP contribution >= 0.6 is 0 Å². The van der Waals surface area contributed by atoms with Gasteiger partial charge in [0.05, 0.1) is 17.9 Å². The standard InChI is InChI=1S/C25H32N4O3/c1-26-25(28-15-19-8-5-13-32-22(19)16-6-3-2-4-7-16)27-11-12-29-23(30)20-17-9-10-18(14-17)21(20)24(29)31/h2-4,6-7,9-10,17-22H,5,8,11-15H2,1H3,(H2,26,27,28). The molecule has 1 aromatic carbocycles. The lowest BCUT2D eigenvalue weighted by atomic mass is 9.85. The van der Waals surface area contributed by atoms with Gasteiger partial charge in [-0.25, -0.2) is 0 Å². The first kappa shape index (κ1) is 21.2. The summed E-state index contributed by atoms with van der Waals surface area (Å²) in [7, 11) is 1.74. The summed E-state index contributed by atoms with van der Waals surface area (Å²) in [6.07, 6.45) is 7.45. The molecule has 2 saturated heterocycles. The first-order chi connectivity index (χ1) is 15.7. The van der Waals surface area contributed by atoms with Crippen LogP contribution in [0.4, 0.5) is 0 Å². The first-order valence-electron chi connectivity index (χ1n) is 11.8. The molecule has 170 valence electrons. The Hall–Kier alpha value is -2.67. The van der Waals surface area contributed by atoms with Crippen LogP contribution in [0.25, 0.3) is 0 Å². The number of hydrogen-bond donors (Lipinski definition) is 2. The number of hydrogen-bond acceptors (Lipinski definition) is 4. The van der Waals surface area contributed by atoms with Crippen molar-refractivity contribution in [3.63, 3.8) is 0 Å². The van der Waals surface area contributed by atoms with Crippen molar-refractivity contribution >= 4 is 17.8 Å². The number of carbonyl (C=O) groups is 2. The molecule has 2 bridgehead atoms. The fraction of sp³-hybridized carbons (Fsp3) is 0.560. The van der Waals surface area contributed by atoms with Gasteiger partial charge in [-0.1, -0.05) is 42.5 Å². The van der Waals surface area contributed by atoms with E-state index >= 15 is 0 Å². The Balaban J connectivity index is 1.12. The van der Waals surface area contributed by atoms with Gasteiger partial charge in [0.25, 0.3) is 0 Å². The van der Waals surface area contributed by atoms with Crippen molar-refractivity contribution in [2.24, 2.45) is 34.6 Å². The summed E-state index contributed by atoms with van der Waals surface area (Å²) in [6, 6.07) is 10.4. The van der Waals surface area contributed by atoms with Crippen molar-refractivity contribution in [1.29, 1.82) is 0 Å². The molecule has 4 aliphatic rings. The lowest BCUT2D eigenvalue weighted by molar-refractivity contribution is -0.140. The van der Waals surface area contributed by atoms with Gasteiger partial charge in [0.1, 0.15) is 0 Å². The molecule has 0 spiro atoms. The molecular formula is C25H32N4O3. The zero-order chi connectivity index (χ0) is 22.1. The summed E-state index contributed by atoms with van der Waals surface area (Å²) in [5, 5.41) is 6.68. The average molecular weight is 437 g/mol. The van der Waals surface area contributed by atoms with Gasteiger partial charge in [0.15, 0.2) is 5.96 Å². The summed E-state index contributed by atoms with van der Waals surface area (Å²) in [6.45, 7) is 2.41. The molecule has 7 heteroatoms. The van der Waals surface area contributed by atoms with Gasteiger partial charge < -0.3 is 15.4 Å². The Kier molecular flexibility index (Phi) is 6.00. The van der Waals surface area contributed by atoms with Crippen LogP contribution in [-0.2, 0) is 14.3 Å². The average Bonchev–Trinajstić information content (AvgIpc) is 3.52. The second-order valence-corrected chi connectivity index (χ2v) is 9.31. The number of likely N-dealkylation sites (tertiary alicyclic amines) is 1. The third-order valence-corrected chi connectivity index (χ3v) is 7.52. The van der Waals surface area contributed by atoms with Gasteiger partial charge in [-0.2, -0.15) is 0 Å². The third kappa shape index (κ3) is 3.83. The molecule has 2 amide bonds. The van der Waals surface area contributed by atoms with E-state index < -0.39 is 0 Å². The highest BCUT2D eigenvalue weighted by Crippen LogP contribution is 2.52. The van der Waals surface area contributed by atoms with Crippen LogP contribution in [0, 0.1) is 29.6 Å². The Morgan fingerprint density at radius 2 is 1.81 bits per heavy atom. The summed E-state index contributed by atoms with van der Waals surface area (Å²) in [5.41, 5.74) is 1.21. The number of allylic oxidation sites excluding steroid dienone is 2. The number of carbonyl (C=O) groups excluding carboxylic acids is 2. The minimum Gasteiger partial charge on any atom is -0.373 e. The zero-order valence-electron chi connectivity index (χ0n) is 18.6. The normalized spacial score (nSPS) is 33.7. The van der Waals surface area contributed by atoms with Crippen molar-refractivity contribution in [2.75, 3.05) is 33.3 Å². The second-order valence-electron chi connectivity index (χ2n) is 9.31. The first-order valence-corrected chi connectivity index (χ1v) is 11.8. The SMILES string of the molecule is CN=C(NCCN1C(=O)C2C3C=CC(C3)C2C1=O)NCC1CCCOC1c1ccccc1. The number of rotatable bonds is 6. The summed E-state index contributed by atoms with van der Waals surface area (Å²) in [5.74, 6) is 1.30. The molecule has 32 heavy (non-hydrogen) atoms. The van der Waals surface area contributed by atoms with Crippen LogP contribution < -0.4 is 10.6 Å². The highest BCUT2D eigenvalue weighted by Gasteiger charge is 2.58. The molecule has 0 aromatic heterocycles. The quantitative estimate of drug-likeness (QED) is 0.309. The molecule has 2 aliphatic heterocycles. The fourth-order valence-electron chi connectivity index (χ4n) is 5.98. The minimum absolute atomic E-state index is 0.00616. The van der Waals surface area contributed by atoms with Crippen LogP contribution in [-0.4, -0.2) is 56.0 Å². The number of guanidine groups is 1. The molecule has 6 unspecified atom stereocenters. The number of nitrogens with zero attached hydrogens (tertiary/aromatic N) is 2. The molecule has 2 N–H and O–H groups in total. The maximum Gasteiger partial charge on any atom is 0.233 e. The fourth-order valence-corrected chi connectivity index (χ4v) is 5.98. The number of fused-ring (bicyclic) bond motifs is 5. The molecule has 7 nitrogen and oxygen atoms in total. The summed E-state index contributed by atoms with van der Waals surface area (Å²) in [4.78, 5) is 31.4. The van der Waals surface area contributed by atoms with Gasteiger partial charge in [-0.15, -0.1) is 0 Å². The second kappa shape index (κ2) is 9.06. The van der Waals surface area contributed by atoms with E-state index in [2.05, 4.69) is 52.0 Å². The van der Waals surface area contributed by atoms with Crippen LogP contribution in [0.1, 0.15) is 30.9 Å². The molecule has 0 radical (unpaired) electrons. The Morgan fingerprint density at radius 1 is 1.09 bits per heavy atom. The highest BCUT2D eigenvalue weighted by atomic mass is 16.5. The van der Waals surface area contributed by atoms with E-state index in [0.717, 1.165) is 32.4 Å². The molecule has 3 fully saturated rings. The molecule has 1 aromatic rings. The predicted molar refractivity (Wildman–Crippen MR) is 122 cm³/mol. The zero-order valence-corrected chi connectivity index (χ0v) is 18.6. The van der Waals surface area contributed by atoms with E-state index in [9.17, 15) is 9.59 Å². The van der Waals surface area contributed by atoms with Gasteiger partial charge in [-0.3, -0.25) is 19.5 Å². The third-order valence-electron chi connectivity index (χ3n) is 7.52. The van der Waals surface area contributed by atoms with Crippen molar-refractivity contribution < 1.29 is 14.3 Å². The van der Waals surface area contributed by atoms with E-state index in [-0.39, 0.29) is 41.6 Å². The topological polar surface area (TPSA) is 83.0 Å². The molecule has 2 heterocycles. The highest BCUT2D eigenvalue weighted by molar-refractivity contribution is 6.06. The van der Waals surface area contributed by atoms with E-state index in [4.69, 9.17) is 4.74 Å². The Morgan fingerprint density at radius 3 is 2.50 bits per heavy atom. The molecular weight excluding hydrogens is 404 g/mol. The van der Waals surface area contributed by atoms with E-state index in [0.29, 0.717) is 25.0 Å². The number of benzene rings is 1. The lowest BCUT2D eigenvalue weighted by Gasteiger charge is -2.32. The van der Waals surface area contributed by atoms with Crippen molar-refractivity contribution in [1.82, 2.24) is 15.5 Å². The summed E-state index contributed by atoms with van der Waals surface area (Å²) >= 11 is 0. The lowest BCUT2D eigenvalue weighted by Crippen LogP contribution is -2.45. The number of ether oxygens (including phenoxy) is 1. The van der Waals surface area contributed by atoms with Crippen LogP contribution in [0.15, 0.2) is 47.5 Å². The van der Waals surface area contributed by atoms with Crippen molar-refractivity contribution in [3.8, 4) is 0 Å². The molecule has 6 atom stereocenters. The molecule has 2 aliphatic carbocycles. The molecule has 1 saturated carbocycles. The Labute approximate surface area is 189 Å². The van der Waals surface area contributed by atoms with Gasteiger partial charge >= 0.3 is 0 Å². The number of imide groups is 1. The Bertz CT molecular complexity index is 885. The smallest absolute Gasteiger partial charge is 0.233 e. The number of amides is 2. The largest absolute Gasteiger partial charge is 0.373 e. The van der Waals surface area contributed by atoms with Crippen LogP contribution in [0.2, 0.25) is 0 Å². The van der Waals surface area contributed by atoms with Gasteiger partial charge in [0, 0.05) is 39.2 Å². The minimum atomic E-state index is -0.129. The maximum absolute atomic E-state index is 12.8. The van der Waals surface area contributed by atoms with Crippen molar-refractivity contribution in [2.45, 2.75) is 25.4 Å². The van der Waals surface area contributed by atoms with E-state index in [1.54, 1.807) is 7.05 Å². The summed E-state index contributed by atoms with van der Waals surface area (Å²) < 4.78 is 6.09. The van der Waals surface area contributed by atoms with Crippen molar-refractivity contribution in [3.05, 3.63) is 48.0 Å².